The third kappa shape index (κ3) is 3.02. The summed E-state index contributed by atoms with van der Waals surface area (Å²) in [5.41, 5.74) is 1.08. The van der Waals surface area contributed by atoms with E-state index in [4.69, 9.17) is 10.00 Å². The van der Waals surface area contributed by atoms with E-state index in [1.165, 1.54) is 6.07 Å². The summed E-state index contributed by atoms with van der Waals surface area (Å²) in [6.45, 7) is 5.26. The molecular weight excluding hydrogens is 219 g/mol. The van der Waals surface area contributed by atoms with Crippen LogP contribution in [-0.2, 0) is 11.3 Å². The molecule has 1 unspecified atom stereocenters. The molecule has 17 heavy (non-hydrogen) atoms. The van der Waals surface area contributed by atoms with Crippen molar-refractivity contribution in [1.82, 2.24) is 4.90 Å². The van der Waals surface area contributed by atoms with E-state index in [-0.39, 0.29) is 11.7 Å². The molecule has 0 aromatic heterocycles. The molecule has 0 spiro atoms. The molecule has 1 aliphatic heterocycles. The molecule has 1 aromatic carbocycles. The Morgan fingerprint density at radius 1 is 1.59 bits per heavy atom. The SMILES string of the molecule is CC1CN(Cc2ccc(F)c(C#N)c2)CCO1. The van der Waals surface area contributed by atoms with Crippen molar-refractivity contribution in [2.24, 2.45) is 0 Å². The summed E-state index contributed by atoms with van der Waals surface area (Å²) < 4.78 is 18.6. The van der Waals surface area contributed by atoms with Crippen LogP contribution in [0.3, 0.4) is 0 Å². The molecule has 0 saturated carbocycles. The number of hydrogen-bond acceptors (Lipinski definition) is 3. The Balaban J connectivity index is 2.06. The molecule has 0 radical (unpaired) electrons. The molecule has 0 aliphatic carbocycles. The van der Waals surface area contributed by atoms with E-state index < -0.39 is 5.82 Å². The highest BCUT2D eigenvalue weighted by atomic mass is 19.1. The molecule has 1 aromatic rings. The summed E-state index contributed by atoms with van der Waals surface area (Å²) in [4.78, 5) is 2.25. The van der Waals surface area contributed by atoms with Crippen LogP contribution in [0.2, 0.25) is 0 Å². The van der Waals surface area contributed by atoms with Gasteiger partial charge in [0.2, 0.25) is 0 Å². The first-order valence-corrected chi connectivity index (χ1v) is 5.71. The third-order valence-corrected chi connectivity index (χ3v) is 2.88. The van der Waals surface area contributed by atoms with E-state index in [0.29, 0.717) is 0 Å². The number of nitriles is 1. The van der Waals surface area contributed by atoms with E-state index in [0.717, 1.165) is 31.8 Å². The van der Waals surface area contributed by atoms with Gasteiger partial charge >= 0.3 is 0 Å². The monoisotopic (exact) mass is 234 g/mol. The van der Waals surface area contributed by atoms with Crippen molar-refractivity contribution < 1.29 is 9.13 Å². The lowest BCUT2D eigenvalue weighted by atomic mass is 10.1. The molecule has 1 atom stereocenters. The molecule has 0 amide bonds. The first kappa shape index (κ1) is 12.0. The minimum atomic E-state index is -0.452. The summed E-state index contributed by atoms with van der Waals surface area (Å²) >= 11 is 0. The van der Waals surface area contributed by atoms with Gasteiger partial charge in [-0.2, -0.15) is 5.26 Å². The summed E-state index contributed by atoms with van der Waals surface area (Å²) in [7, 11) is 0. The van der Waals surface area contributed by atoms with Crippen LogP contribution in [0.25, 0.3) is 0 Å². The van der Waals surface area contributed by atoms with Gasteiger partial charge in [0.1, 0.15) is 11.9 Å². The van der Waals surface area contributed by atoms with Gasteiger partial charge in [-0.1, -0.05) is 6.07 Å². The fraction of sp³-hybridized carbons (Fsp3) is 0.462. The number of ether oxygens (including phenoxy) is 1. The molecule has 1 fully saturated rings. The number of benzene rings is 1. The van der Waals surface area contributed by atoms with Crippen molar-refractivity contribution in [3.05, 3.63) is 35.1 Å². The van der Waals surface area contributed by atoms with Gasteiger partial charge in [0.25, 0.3) is 0 Å². The second-order valence-corrected chi connectivity index (χ2v) is 4.34. The molecule has 2 rings (SSSR count). The van der Waals surface area contributed by atoms with Gasteiger partial charge in [-0.3, -0.25) is 4.90 Å². The normalized spacial score (nSPS) is 21.1. The van der Waals surface area contributed by atoms with Crippen LogP contribution in [0.5, 0.6) is 0 Å². The molecule has 0 bridgehead atoms. The first-order chi connectivity index (χ1) is 8.19. The summed E-state index contributed by atoms with van der Waals surface area (Å²) in [5, 5.41) is 8.77. The fourth-order valence-electron chi connectivity index (χ4n) is 2.05. The van der Waals surface area contributed by atoms with Crippen LogP contribution in [0.4, 0.5) is 4.39 Å². The van der Waals surface area contributed by atoms with E-state index >= 15 is 0 Å². The van der Waals surface area contributed by atoms with Crippen molar-refractivity contribution in [3.63, 3.8) is 0 Å². The predicted molar refractivity (Wildman–Crippen MR) is 61.8 cm³/mol. The quantitative estimate of drug-likeness (QED) is 0.784. The van der Waals surface area contributed by atoms with Crippen LogP contribution in [0.15, 0.2) is 18.2 Å². The molecule has 1 saturated heterocycles. The van der Waals surface area contributed by atoms with Crippen LogP contribution in [0.1, 0.15) is 18.1 Å². The number of hydrogen-bond donors (Lipinski definition) is 0. The lowest BCUT2D eigenvalue weighted by Crippen LogP contribution is -2.40. The van der Waals surface area contributed by atoms with Gasteiger partial charge in [0.05, 0.1) is 18.3 Å². The average molecular weight is 234 g/mol. The van der Waals surface area contributed by atoms with E-state index in [1.54, 1.807) is 12.1 Å². The van der Waals surface area contributed by atoms with Crippen LogP contribution >= 0.6 is 0 Å². The Morgan fingerprint density at radius 3 is 3.12 bits per heavy atom. The zero-order chi connectivity index (χ0) is 12.3. The average Bonchev–Trinajstić information content (AvgIpc) is 2.32. The van der Waals surface area contributed by atoms with E-state index in [1.807, 2.05) is 13.0 Å². The molecule has 1 aliphatic rings. The van der Waals surface area contributed by atoms with E-state index in [9.17, 15) is 4.39 Å². The second kappa shape index (κ2) is 5.26. The fourth-order valence-corrected chi connectivity index (χ4v) is 2.05. The summed E-state index contributed by atoms with van der Waals surface area (Å²) in [6, 6.07) is 6.58. The minimum Gasteiger partial charge on any atom is -0.376 e. The van der Waals surface area contributed by atoms with Crippen molar-refractivity contribution in [1.29, 1.82) is 5.26 Å². The lowest BCUT2D eigenvalue weighted by Gasteiger charge is -2.31. The van der Waals surface area contributed by atoms with Gasteiger partial charge in [-0.25, -0.2) is 4.39 Å². The largest absolute Gasteiger partial charge is 0.376 e. The third-order valence-electron chi connectivity index (χ3n) is 2.88. The molecule has 4 heteroatoms. The van der Waals surface area contributed by atoms with Gasteiger partial charge in [0.15, 0.2) is 0 Å². The molecular formula is C13H15FN2O. The summed E-state index contributed by atoms with van der Waals surface area (Å²) in [6.07, 6.45) is 0.236. The highest BCUT2D eigenvalue weighted by molar-refractivity contribution is 5.34. The predicted octanol–water partition coefficient (Wildman–Crippen LogP) is 1.92. The Morgan fingerprint density at radius 2 is 2.41 bits per heavy atom. The topological polar surface area (TPSA) is 36.3 Å². The van der Waals surface area contributed by atoms with Crippen molar-refractivity contribution in [2.45, 2.75) is 19.6 Å². The molecule has 3 nitrogen and oxygen atoms in total. The standard InChI is InChI=1S/C13H15FN2O/c1-10-8-16(4-5-17-10)9-11-2-3-13(14)12(6-11)7-15/h2-3,6,10H,4-5,8-9H2,1H3. The van der Waals surface area contributed by atoms with E-state index in [2.05, 4.69) is 4.90 Å². The van der Waals surface area contributed by atoms with Crippen molar-refractivity contribution >= 4 is 0 Å². The highest BCUT2D eigenvalue weighted by Gasteiger charge is 2.16. The van der Waals surface area contributed by atoms with Gasteiger partial charge < -0.3 is 4.74 Å². The molecule has 90 valence electrons. The Labute approximate surface area is 100 Å². The minimum absolute atomic E-state index is 0.115. The van der Waals surface area contributed by atoms with Gasteiger partial charge in [-0.15, -0.1) is 0 Å². The van der Waals surface area contributed by atoms with Gasteiger partial charge in [0, 0.05) is 19.6 Å². The maximum absolute atomic E-state index is 13.2. The number of halogens is 1. The molecule has 0 N–H and O–H groups in total. The smallest absolute Gasteiger partial charge is 0.140 e. The lowest BCUT2D eigenvalue weighted by molar-refractivity contribution is -0.0212. The van der Waals surface area contributed by atoms with Crippen LogP contribution in [0, 0.1) is 17.1 Å². The van der Waals surface area contributed by atoms with Crippen molar-refractivity contribution in [2.75, 3.05) is 19.7 Å². The Kier molecular flexibility index (Phi) is 3.72. The van der Waals surface area contributed by atoms with Crippen molar-refractivity contribution in [3.8, 4) is 6.07 Å². The number of nitrogens with zero attached hydrogens (tertiary/aromatic N) is 2. The zero-order valence-electron chi connectivity index (χ0n) is 9.82. The van der Waals surface area contributed by atoms with Gasteiger partial charge in [-0.05, 0) is 24.6 Å². The maximum Gasteiger partial charge on any atom is 0.140 e. The Hall–Kier alpha value is -1.44. The summed E-state index contributed by atoms with van der Waals surface area (Å²) in [5.74, 6) is -0.452. The maximum atomic E-state index is 13.2. The molecule has 1 heterocycles. The highest BCUT2D eigenvalue weighted by Crippen LogP contribution is 2.13. The Bertz CT molecular complexity index is 442. The second-order valence-electron chi connectivity index (χ2n) is 4.34. The zero-order valence-corrected chi connectivity index (χ0v) is 9.82. The van der Waals surface area contributed by atoms with Crippen LogP contribution < -0.4 is 0 Å². The number of rotatable bonds is 2. The van der Waals surface area contributed by atoms with Crippen LogP contribution in [-0.4, -0.2) is 30.7 Å². The number of morpholine rings is 1. The first-order valence-electron chi connectivity index (χ1n) is 5.71.